The Balaban J connectivity index is 3.14. The van der Waals surface area contributed by atoms with Crippen LogP contribution in [0.2, 0.25) is 0 Å². The zero-order chi connectivity index (χ0) is 46.0. The van der Waals surface area contributed by atoms with Gasteiger partial charge in [0.05, 0.1) is 0 Å². The molecule has 0 aliphatic heterocycles. The molecule has 0 fully saturated rings. The molecule has 0 amide bonds. The molecule has 0 saturated heterocycles. The number of carbonyl (C=O) groups is 1. The van der Waals surface area contributed by atoms with Gasteiger partial charge in [0.2, 0.25) is 0 Å². The van der Waals surface area contributed by atoms with E-state index in [1.165, 1.54) is 360 Å². The van der Waals surface area contributed by atoms with Crippen LogP contribution < -0.4 is 0 Å². The summed E-state index contributed by atoms with van der Waals surface area (Å²) >= 11 is 0. The van der Waals surface area contributed by atoms with Crippen molar-refractivity contribution in [1.82, 2.24) is 0 Å². The predicted octanol–water partition coefficient (Wildman–Crippen LogP) is 24.0. The van der Waals surface area contributed by atoms with Gasteiger partial charge in [-0.15, -0.1) is 0 Å². The summed E-state index contributed by atoms with van der Waals surface area (Å²) in [4.78, 5) is 12.3. The van der Waals surface area contributed by atoms with Crippen LogP contribution in [-0.2, 0) is 4.79 Å². The normalized spacial score (nSPS) is 11.7. The smallest absolute Gasteiger partial charge is 0.132 e. The molecule has 0 saturated carbocycles. The molecule has 0 spiro atoms. The first-order valence-corrected chi connectivity index (χ1v) is 31.3. The number of rotatable bonds is 60. The molecule has 0 aromatic carbocycles. The standard InChI is InChI=1S/C63H126O/c1-3-5-7-9-11-13-15-17-19-21-23-25-27-29-31-33-35-37-39-41-43-45-47-49-51-53-55-57-59-61-63(64)62-60-58-56-54-52-50-48-46-44-42-40-38-36-34-32-30-28-26-24-22-20-18-16-14-12-10-8-6-4-2/h3-62H2,1-2H3. The van der Waals surface area contributed by atoms with Crippen LogP contribution in [0.5, 0.6) is 0 Å². The van der Waals surface area contributed by atoms with E-state index in [2.05, 4.69) is 13.8 Å². The van der Waals surface area contributed by atoms with Crippen LogP contribution in [0.4, 0.5) is 0 Å². The van der Waals surface area contributed by atoms with Gasteiger partial charge in [-0.2, -0.15) is 0 Å². The summed E-state index contributed by atoms with van der Waals surface area (Å²) in [6, 6.07) is 0. The molecular weight excluding hydrogens is 773 g/mol. The van der Waals surface area contributed by atoms with E-state index in [1.54, 1.807) is 0 Å². The summed E-state index contributed by atoms with van der Waals surface area (Å²) in [5.41, 5.74) is 0. The molecule has 64 heavy (non-hydrogen) atoms. The molecule has 1 nitrogen and oxygen atoms in total. The van der Waals surface area contributed by atoms with Gasteiger partial charge in [-0.3, -0.25) is 4.79 Å². The van der Waals surface area contributed by atoms with E-state index in [4.69, 9.17) is 0 Å². The minimum absolute atomic E-state index is 0.537. The maximum atomic E-state index is 12.3. The lowest BCUT2D eigenvalue weighted by Gasteiger charge is -2.05. The van der Waals surface area contributed by atoms with Gasteiger partial charge in [0.15, 0.2) is 0 Å². The van der Waals surface area contributed by atoms with E-state index in [9.17, 15) is 4.79 Å². The van der Waals surface area contributed by atoms with Crippen molar-refractivity contribution in [3.05, 3.63) is 0 Å². The van der Waals surface area contributed by atoms with Gasteiger partial charge in [0, 0.05) is 12.8 Å². The zero-order valence-corrected chi connectivity index (χ0v) is 45.3. The van der Waals surface area contributed by atoms with Crippen molar-refractivity contribution in [2.75, 3.05) is 0 Å². The fourth-order valence-corrected chi connectivity index (χ4v) is 10.5. The Bertz CT molecular complexity index is 737. The molecule has 0 aromatic heterocycles. The number of hydrogen-bond donors (Lipinski definition) is 0. The Morgan fingerprint density at radius 1 is 0.156 bits per heavy atom. The molecule has 0 rings (SSSR count). The van der Waals surface area contributed by atoms with Crippen LogP contribution in [0.15, 0.2) is 0 Å². The highest BCUT2D eigenvalue weighted by atomic mass is 16.1. The van der Waals surface area contributed by atoms with Crippen LogP contribution in [0, 0.1) is 0 Å². The molecular formula is C63H126O. The van der Waals surface area contributed by atoms with Crippen LogP contribution in [-0.4, -0.2) is 5.78 Å². The highest BCUT2D eigenvalue weighted by Gasteiger charge is 2.03. The molecule has 1 heteroatoms. The molecule has 0 unspecified atom stereocenters. The number of carbonyl (C=O) groups excluding carboxylic acids is 1. The molecule has 0 atom stereocenters. The first kappa shape index (κ1) is 63.7. The maximum Gasteiger partial charge on any atom is 0.132 e. The molecule has 0 aromatic rings. The number of hydrogen-bond acceptors (Lipinski definition) is 1. The third-order valence-electron chi connectivity index (χ3n) is 15.1. The molecule has 0 N–H and O–H groups in total. The second-order valence-corrected chi connectivity index (χ2v) is 21.8. The molecule has 0 aliphatic rings. The van der Waals surface area contributed by atoms with Gasteiger partial charge in [-0.25, -0.2) is 0 Å². The van der Waals surface area contributed by atoms with E-state index >= 15 is 0 Å². The Hall–Kier alpha value is -0.330. The minimum Gasteiger partial charge on any atom is -0.300 e. The number of ketones is 1. The van der Waals surface area contributed by atoms with Crippen LogP contribution in [0.25, 0.3) is 0 Å². The quantitative estimate of drug-likeness (QED) is 0.0556. The first-order valence-electron chi connectivity index (χ1n) is 31.3. The van der Waals surface area contributed by atoms with Gasteiger partial charge in [0.25, 0.3) is 0 Å². The van der Waals surface area contributed by atoms with E-state index in [-0.39, 0.29) is 0 Å². The summed E-state index contributed by atoms with van der Waals surface area (Å²) in [7, 11) is 0. The lowest BCUT2D eigenvalue weighted by Crippen LogP contribution is -1.97. The summed E-state index contributed by atoms with van der Waals surface area (Å²) < 4.78 is 0. The Morgan fingerprint density at radius 3 is 0.359 bits per heavy atom. The predicted molar refractivity (Wildman–Crippen MR) is 293 cm³/mol. The zero-order valence-electron chi connectivity index (χ0n) is 45.3. The molecule has 384 valence electrons. The van der Waals surface area contributed by atoms with Gasteiger partial charge >= 0.3 is 0 Å². The molecule has 0 radical (unpaired) electrons. The van der Waals surface area contributed by atoms with Gasteiger partial charge < -0.3 is 0 Å². The third-order valence-corrected chi connectivity index (χ3v) is 15.1. The van der Waals surface area contributed by atoms with E-state index in [1.807, 2.05) is 0 Å². The molecule has 0 bridgehead atoms. The summed E-state index contributed by atoms with van der Waals surface area (Å²) in [6.45, 7) is 4.62. The lowest BCUT2D eigenvalue weighted by molar-refractivity contribution is -0.119. The summed E-state index contributed by atoms with van der Waals surface area (Å²) in [5, 5.41) is 0. The van der Waals surface area contributed by atoms with Crippen LogP contribution in [0.1, 0.15) is 399 Å². The van der Waals surface area contributed by atoms with Crippen molar-refractivity contribution in [1.29, 1.82) is 0 Å². The first-order chi connectivity index (χ1) is 31.8. The van der Waals surface area contributed by atoms with Gasteiger partial charge in [-0.1, -0.05) is 373 Å². The second-order valence-electron chi connectivity index (χ2n) is 21.8. The van der Waals surface area contributed by atoms with E-state index in [0.717, 1.165) is 25.7 Å². The monoisotopic (exact) mass is 899 g/mol. The second kappa shape index (κ2) is 60.7. The van der Waals surface area contributed by atoms with Gasteiger partial charge in [-0.05, 0) is 12.8 Å². The summed E-state index contributed by atoms with van der Waals surface area (Å²) in [6.07, 6.45) is 85.2. The topological polar surface area (TPSA) is 17.1 Å². The average molecular weight is 900 g/mol. The van der Waals surface area contributed by atoms with Crippen LogP contribution in [0.3, 0.4) is 0 Å². The van der Waals surface area contributed by atoms with Crippen molar-refractivity contribution in [3.8, 4) is 0 Å². The fourth-order valence-electron chi connectivity index (χ4n) is 10.5. The number of Topliss-reactive ketones (excluding diaryl/α,β-unsaturated/α-hetero) is 1. The average Bonchev–Trinajstić information content (AvgIpc) is 3.30. The maximum absolute atomic E-state index is 12.3. The highest BCUT2D eigenvalue weighted by molar-refractivity contribution is 5.78. The largest absolute Gasteiger partial charge is 0.300 e. The van der Waals surface area contributed by atoms with Crippen molar-refractivity contribution in [2.45, 2.75) is 399 Å². The lowest BCUT2D eigenvalue weighted by atomic mass is 10.0. The molecule has 0 aliphatic carbocycles. The molecule has 0 heterocycles. The van der Waals surface area contributed by atoms with Crippen molar-refractivity contribution in [2.24, 2.45) is 0 Å². The van der Waals surface area contributed by atoms with Crippen LogP contribution >= 0.6 is 0 Å². The Morgan fingerprint density at radius 2 is 0.250 bits per heavy atom. The Labute approximate surface area is 408 Å². The van der Waals surface area contributed by atoms with Crippen molar-refractivity contribution < 1.29 is 4.79 Å². The van der Waals surface area contributed by atoms with E-state index in [0.29, 0.717) is 5.78 Å². The van der Waals surface area contributed by atoms with E-state index < -0.39 is 0 Å². The third kappa shape index (κ3) is 59.7. The fraction of sp³-hybridized carbons (Fsp3) is 0.984. The minimum atomic E-state index is 0.537. The SMILES string of the molecule is CCCCCCCCCCCCCCCCCCCCCCCCCCCCCCCC(=O)CCCCCCCCCCCCCCCCCCCCCCCCCCCCCCC. The van der Waals surface area contributed by atoms with Gasteiger partial charge in [0.1, 0.15) is 5.78 Å². The van der Waals surface area contributed by atoms with Crippen molar-refractivity contribution in [3.63, 3.8) is 0 Å². The van der Waals surface area contributed by atoms with Crippen molar-refractivity contribution >= 4 is 5.78 Å². The number of unbranched alkanes of at least 4 members (excludes halogenated alkanes) is 56. The highest BCUT2D eigenvalue weighted by Crippen LogP contribution is 2.19. The Kier molecular flexibility index (Phi) is 60.4. The summed E-state index contributed by atoms with van der Waals surface area (Å²) in [5.74, 6) is 0.537.